The second-order valence-corrected chi connectivity index (χ2v) is 3.76. The van der Waals surface area contributed by atoms with Crippen molar-refractivity contribution in [1.82, 2.24) is 0 Å². The molecule has 0 radical (unpaired) electrons. The number of para-hydroxylation sites is 1. The molecule has 0 unspecified atom stereocenters. The summed E-state index contributed by atoms with van der Waals surface area (Å²) in [6, 6.07) is 9.49. The Labute approximate surface area is 79.4 Å². The molecular formula is C10H17NS. The number of rotatable bonds is 2. The highest BCUT2D eigenvalue weighted by atomic mass is 32.2. The highest BCUT2D eigenvalue weighted by molar-refractivity contribution is 7.99. The summed E-state index contributed by atoms with van der Waals surface area (Å²) in [7, 11) is 0. The van der Waals surface area contributed by atoms with Crippen molar-refractivity contribution in [2.75, 3.05) is 17.2 Å². The zero-order valence-corrected chi connectivity index (χ0v) is 8.60. The molecule has 2 heteroatoms. The molecule has 1 aromatic rings. The first kappa shape index (κ1) is 11.4. The van der Waals surface area contributed by atoms with Gasteiger partial charge in [-0.15, -0.1) is 0 Å². The van der Waals surface area contributed by atoms with E-state index in [1.54, 1.807) is 0 Å². The minimum Gasteiger partial charge on any atom is -0.399 e. The van der Waals surface area contributed by atoms with E-state index in [2.05, 4.69) is 13.8 Å². The first-order valence-corrected chi connectivity index (χ1v) is 5.35. The molecule has 0 aliphatic rings. The van der Waals surface area contributed by atoms with Gasteiger partial charge in [-0.1, -0.05) is 32.0 Å². The SMILES string of the molecule is CCSCC.Nc1ccccc1. The van der Waals surface area contributed by atoms with Crippen molar-refractivity contribution in [2.45, 2.75) is 13.8 Å². The van der Waals surface area contributed by atoms with Crippen LogP contribution in [0.15, 0.2) is 30.3 Å². The number of anilines is 1. The molecule has 0 spiro atoms. The van der Waals surface area contributed by atoms with Crippen LogP contribution >= 0.6 is 11.8 Å². The van der Waals surface area contributed by atoms with Gasteiger partial charge in [0.15, 0.2) is 0 Å². The molecule has 2 N–H and O–H groups in total. The predicted octanol–water partition coefficient (Wildman–Crippen LogP) is 3.03. The van der Waals surface area contributed by atoms with Crippen molar-refractivity contribution in [2.24, 2.45) is 0 Å². The lowest BCUT2D eigenvalue weighted by Gasteiger charge is -1.83. The Morgan fingerprint density at radius 3 is 1.75 bits per heavy atom. The Kier molecular flexibility index (Phi) is 8.02. The molecule has 0 atom stereocenters. The Morgan fingerprint density at radius 2 is 1.58 bits per heavy atom. The van der Waals surface area contributed by atoms with Crippen LogP contribution in [0.4, 0.5) is 5.69 Å². The van der Waals surface area contributed by atoms with Gasteiger partial charge in [-0.05, 0) is 23.6 Å². The fraction of sp³-hybridized carbons (Fsp3) is 0.400. The van der Waals surface area contributed by atoms with Gasteiger partial charge in [-0.25, -0.2) is 0 Å². The fourth-order valence-electron chi connectivity index (χ4n) is 0.657. The molecule has 1 rings (SSSR count). The topological polar surface area (TPSA) is 26.0 Å². The Hall–Kier alpha value is -0.630. The minimum absolute atomic E-state index is 0.822. The first-order valence-electron chi connectivity index (χ1n) is 4.19. The molecule has 0 heterocycles. The van der Waals surface area contributed by atoms with Gasteiger partial charge in [0.25, 0.3) is 0 Å². The largest absolute Gasteiger partial charge is 0.399 e. The molecule has 0 saturated carbocycles. The molecule has 12 heavy (non-hydrogen) atoms. The summed E-state index contributed by atoms with van der Waals surface area (Å²) >= 11 is 1.96. The minimum atomic E-state index is 0.822. The van der Waals surface area contributed by atoms with E-state index in [1.807, 2.05) is 42.1 Å². The number of thioether (sulfide) groups is 1. The maximum atomic E-state index is 5.36. The van der Waals surface area contributed by atoms with E-state index in [9.17, 15) is 0 Å². The Bertz CT molecular complexity index is 172. The van der Waals surface area contributed by atoms with Gasteiger partial charge in [0, 0.05) is 5.69 Å². The zero-order chi connectivity index (χ0) is 9.23. The first-order chi connectivity index (χ1) is 5.81. The molecule has 0 saturated heterocycles. The maximum absolute atomic E-state index is 5.36. The highest BCUT2D eigenvalue weighted by Gasteiger charge is 1.72. The normalized spacial score (nSPS) is 8.50. The molecule has 0 aliphatic heterocycles. The highest BCUT2D eigenvalue weighted by Crippen LogP contribution is 1.95. The van der Waals surface area contributed by atoms with Crippen molar-refractivity contribution in [3.63, 3.8) is 0 Å². The van der Waals surface area contributed by atoms with E-state index >= 15 is 0 Å². The number of nitrogen functional groups attached to an aromatic ring is 1. The smallest absolute Gasteiger partial charge is 0.0313 e. The lowest BCUT2D eigenvalue weighted by atomic mass is 10.3. The van der Waals surface area contributed by atoms with Crippen LogP contribution in [0.2, 0.25) is 0 Å². The molecular weight excluding hydrogens is 166 g/mol. The fourth-order valence-corrected chi connectivity index (χ4v) is 1.07. The second-order valence-electron chi connectivity index (χ2n) is 2.19. The second kappa shape index (κ2) is 8.47. The quantitative estimate of drug-likeness (QED) is 0.713. The summed E-state index contributed by atoms with van der Waals surface area (Å²) in [4.78, 5) is 0. The van der Waals surface area contributed by atoms with Crippen molar-refractivity contribution in [1.29, 1.82) is 0 Å². The average molecular weight is 183 g/mol. The lowest BCUT2D eigenvalue weighted by molar-refractivity contribution is 1.46. The number of benzene rings is 1. The van der Waals surface area contributed by atoms with E-state index in [0.29, 0.717) is 0 Å². The molecule has 0 fully saturated rings. The summed E-state index contributed by atoms with van der Waals surface area (Å²) in [5.41, 5.74) is 6.18. The number of hydrogen-bond donors (Lipinski definition) is 1. The van der Waals surface area contributed by atoms with Gasteiger partial charge in [0.2, 0.25) is 0 Å². The van der Waals surface area contributed by atoms with Crippen LogP contribution in [-0.2, 0) is 0 Å². The van der Waals surface area contributed by atoms with Crippen molar-refractivity contribution >= 4 is 17.4 Å². The molecule has 0 aromatic heterocycles. The summed E-state index contributed by atoms with van der Waals surface area (Å²) in [5.74, 6) is 2.52. The van der Waals surface area contributed by atoms with Crippen LogP contribution in [0.1, 0.15) is 13.8 Å². The Morgan fingerprint density at radius 1 is 1.08 bits per heavy atom. The monoisotopic (exact) mass is 183 g/mol. The third kappa shape index (κ3) is 7.48. The third-order valence-electron chi connectivity index (χ3n) is 1.21. The van der Waals surface area contributed by atoms with Crippen LogP contribution in [0.5, 0.6) is 0 Å². The van der Waals surface area contributed by atoms with Gasteiger partial charge in [0.1, 0.15) is 0 Å². The number of hydrogen-bond acceptors (Lipinski definition) is 2. The van der Waals surface area contributed by atoms with Crippen LogP contribution in [0.3, 0.4) is 0 Å². The summed E-state index contributed by atoms with van der Waals surface area (Å²) in [6.07, 6.45) is 0. The van der Waals surface area contributed by atoms with E-state index in [4.69, 9.17) is 5.73 Å². The molecule has 1 nitrogen and oxygen atoms in total. The van der Waals surface area contributed by atoms with Gasteiger partial charge in [0.05, 0.1) is 0 Å². The van der Waals surface area contributed by atoms with Gasteiger partial charge in [-0.2, -0.15) is 11.8 Å². The van der Waals surface area contributed by atoms with Gasteiger partial charge >= 0.3 is 0 Å². The number of nitrogens with two attached hydrogens (primary N) is 1. The van der Waals surface area contributed by atoms with E-state index < -0.39 is 0 Å². The molecule has 0 amide bonds. The lowest BCUT2D eigenvalue weighted by Crippen LogP contribution is -1.79. The maximum Gasteiger partial charge on any atom is 0.0313 e. The van der Waals surface area contributed by atoms with E-state index in [0.717, 1.165) is 5.69 Å². The zero-order valence-electron chi connectivity index (χ0n) is 7.79. The molecule has 1 aromatic carbocycles. The van der Waals surface area contributed by atoms with Crippen LogP contribution in [-0.4, -0.2) is 11.5 Å². The van der Waals surface area contributed by atoms with Gasteiger partial charge in [-0.3, -0.25) is 0 Å². The summed E-state index contributed by atoms with van der Waals surface area (Å²) < 4.78 is 0. The summed E-state index contributed by atoms with van der Waals surface area (Å²) in [5, 5.41) is 0. The predicted molar refractivity (Wildman–Crippen MR) is 59.5 cm³/mol. The van der Waals surface area contributed by atoms with Crippen molar-refractivity contribution in [3.8, 4) is 0 Å². The molecule has 0 aliphatic carbocycles. The van der Waals surface area contributed by atoms with Crippen molar-refractivity contribution in [3.05, 3.63) is 30.3 Å². The van der Waals surface area contributed by atoms with Gasteiger partial charge < -0.3 is 5.73 Å². The van der Waals surface area contributed by atoms with E-state index in [-0.39, 0.29) is 0 Å². The van der Waals surface area contributed by atoms with Crippen molar-refractivity contribution < 1.29 is 0 Å². The summed E-state index contributed by atoms with van der Waals surface area (Å²) in [6.45, 7) is 4.35. The van der Waals surface area contributed by atoms with Crippen LogP contribution < -0.4 is 5.73 Å². The average Bonchev–Trinajstić information content (AvgIpc) is 2.08. The van der Waals surface area contributed by atoms with Crippen LogP contribution in [0.25, 0.3) is 0 Å². The van der Waals surface area contributed by atoms with Crippen LogP contribution in [0, 0.1) is 0 Å². The van der Waals surface area contributed by atoms with E-state index in [1.165, 1.54) is 11.5 Å². The molecule has 68 valence electrons. The standard InChI is InChI=1S/C6H7N.C4H10S/c7-6-4-2-1-3-5-6;1-3-5-4-2/h1-5H,7H2;3-4H2,1-2H3. The third-order valence-corrected chi connectivity index (χ3v) is 2.02. The molecule has 0 bridgehead atoms. The Balaban J connectivity index is 0.000000217.